The van der Waals surface area contributed by atoms with E-state index in [-0.39, 0.29) is 43.0 Å². The summed E-state index contributed by atoms with van der Waals surface area (Å²) in [6, 6.07) is 21.4. The molecule has 4 N–H and O–H groups in total. The number of aliphatic imine (C=N–C) groups is 1. The monoisotopic (exact) mass is 578 g/mol. The highest BCUT2D eigenvalue weighted by atomic mass is 32.2. The number of amides is 1. The Balaban J connectivity index is 1.31. The summed E-state index contributed by atoms with van der Waals surface area (Å²) in [5, 5.41) is 2.60. The molecule has 0 spiro atoms. The predicted molar refractivity (Wildman–Crippen MR) is 156 cm³/mol. The molecular formula is C30H34N4O6S. The number of nitrogens with two attached hydrogens (primary N) is 1. The first-order valence-electron chi connectivity index (χ1n) is 13.4. The number of alkyl carbamates (subject to hydrolysis) is 1. The van der Waals surface area contributed by atoms with E-state index in [4.69, 9.17) is 15.2 Å². The Kier molecular flexibility index (Phi) is 9.61. The van der Waals surface area contributed by atoms with Gasteiger partial charge in [-0.15, -0.1) is 0 Å². The number of carbonyl (C=O) groups is 2. The maximum absolute atomic E-state index is 12.7. The van der Waals surface area contributed by atoms with Gasteiger partial charge >= 0.3 is 12.1 Å². The fraction of sp³-hybridized carbons (Fsp3) is 0.300. The van der Waals surface area contributed by atoms with Crippen molar-refractivity contribution in [3.8, 4) is 11.1 Å². The van der Waals surface area contributed by atoms with E-state index in [0.29, 0.717) is 6.42 Å². The predicted octanol–water partition coefficient (Wildman–Crippen LogP) is 3.84. The summed E-state index contributed by atoms with van der Waals surface area (Å²) in [6.45, 7) is 3.90. The lowest BCUT2D eigenvalue weighted by Gasteiger charge is -2.19. The van der Waals surface area contributed by atoms with Crippen LogP contribution in [0.1, 0.15) is 42.4 Å². The molecule has 11 heteroatoms. The van der Waals surface area contributed by atoms with Crippen molar-refractivity contribution < 1.29 is 27.5 Å². The smallest absolute Gasteiger partial charge is 0.407 e. The zero-order valence-electron chi connectivity index (χ0n) is 23.0. The number of fused-ring (bicyclic) bond motifs is 3. The zero-order chi connectivity index (χ0) is 29.4. The summed E-state index contributed by atoms with van der Waals surface area (Å²) in [5.74, 6) is -0.990. The van der Waals surface area contributed by atoms with Gasteiger partial charge in [0.2, 0.25) is 5.96 Å². The summed E-state index contributed by atoms with van der Waals surface area (Å²) in [4.78, 5) is 29.4. The van der Waals surface area contributed by atoms with E-state index in [9.17, 15) is 18.0 Å². The molecule has 1 aliphatic rings. The Labute approximate surface area is 240 Å². The zero-order valence-corrected chi connectivity index (χ0v) is 23.8. The highest BCUT2D eigenvalue weighted by Gasteiger charge is 2.30. The van der Waals surface area contributed by atoms with Crippen LogP contribution in [-0.4, -0.2) is 52.2 Å². The van der Waals surface area contributed by atoms with Crippen LogP contribution in [0.2, 0.25) is 0 Å². The standard InChI is InChI=1S/C30H34N4O6S/c1-3-39-28(35)27(13-8-18-32-29(31)34-41(37,38)21-16-14-20(2)15-17-21)33-30(36)40-19-26-24-11-6-4-9-22(24)23-10-5-7-12-25(23)26/h4-7,9-12,14-17,26-27H,3,8,13,18-19H2,1-2H3,(H,33,36)(H3,31,32,34)/t27-/m0/s1. The van der Waals surface area contributed by atoms with E-state index >= 15 is 0 Å². The van der Waals surface area contributed by atoms with Gasteiger partial charge < -0.3 is 20.5 Å². The Morgan fingerprint density at radius 1 is 0.951 bits per heavy atom. The SMILES string of the molecule is CCOC(=O)[C@H](CCCN=C(N)NS(=O)(=O)c1ccc(C)cc1)NC(=O)OCC1c2ccccc2-c2ccccc21. The van der Waals surface area contributed by atoms with Crippen LogP contribution in [0, 0.1) is 6.92 Å². The minimum Gasteiger partial charge on any atom is -0.464 e. The van der Waals surface area contributed by atoms with Gasteiger partial charge in [-0.1, -0.05) is 66.2 Å². The third-order valence-electron chi connectivity index (χ3n) is 6.71. The van der Waals surface area contributed by atoms with Gasteiger partial charge in [0, 0.05) is 12.5 Å². The maximum atomic E-state index is 12.7. The number of nitrogens with zero attached hydrogens (tertiary/aromatic N) is 1. The molecule has 0 aliphatic heterocycles. The molecule has 0 bridgehead atoms. The van der Waals surface area contributed by atoms with Gasteiger partial charge in [0.15, 0.2) is 0 Å². The second-order valence-electron chi connectivity index (χ2n) is 9.60. The van der Waals surface area contributed by atoms with Crippen molar-refractivity contribution in [1.29, 1.82) is 0 Å². The average molecular weight is 579 g/mol. The van der Waals surface area contributed by atoms with Crippen molar-refractivity contribution in [2.45, 2.75) is 43.5 Å². The van der Waals surface area contributed by atoms with Crippen LogP contribution < -0.4 is 15.8 Å². The maximum Gasteiger partial charge on any atom is 0.407 e. The van der Waals surface area contributed by atoms with Gasteiger partial charge in [-0.05, 0) is 61.1 Å². The Hall–Kier alpha value is -4.38. The van der Waals surface area contributed by atoms with Crippen LogP contribution in [0.5, 0.6) is 0 Å². The van der Waals surface area contributed by atoms with Crippen LogP contribution in [0.4, 0.5) is 4.79 Å². The number of guanidine groups is 1. The molecule has 1 amide bonds. The molecule has 216 valence electrons. The van der Waals surface area contributed by atoms with Crippen molar-refractivity contribution in [3.63, 3.8) is 0 Å². The molecule has 0 heterocycles. The molecule has 0 saturated carbocycles. The molecule has 0 unspecified atom stereocenters. The van der Waals surface area contributed by atoms with E-state index in [1.165, 1.54) is 12.1 Å². The third kappa shape index (κ3) is 7.43. The molecule has 0 radical (unpaired) electrons. The van der Waals surface area contributed by atoms with E-state index in [0.717, 1.165) is 27.8 Å². The summed E-state index contributed by atoms with van der Waals surface area (Å²) in [5.41, 5.74) is 11.1. The Bertz CT molecular complexity index is 1480. The van der Waals surface area contributed by atoms with E-state index in [1.807, 2.05) is 55.5 Å². The average Bonchev–Trinajstić information content (AvgIpc) is 3.27. The Morgan fingerprint density at radius 2 is 1.56 bits per heavy atom. The molecule has 10 nitrogen and oxygen atoms in total. The molecule has 1 atom stereocenters. The number of aryl methyl sites for hydroxylation is 1. The van der Waals surface area contributed by atoms with E-state index in [1.54, 1.807) is 19.1 Å². The van der Waals surface area contributed by atoms with Crippen LogP contribution in [0.3, 0.4) is 0 Å². The van der Waals surface area contributed by atoms with E-state index in [2.05, 4.69) is 15.0 Å². The summed E-state index contributed by atoms with van der Waals surface area (Å²) >= 11 is 0. The summed E-state index contributed by atoms with van der Waals surface area (Å²) in [6.07, 6.45) is -0.233. The molecule has 41 heavy (non-hydrogen) atoms. The number of carbonyl (C=O) groups excluding carboxylic acids is 2. The first-order valence-corrected chi connectivity index (χ1v) is 14.9. The van der Waals surface area contributed by atoms with Gasteiger partial charge in [0.1, 0.15) is 12.6 Å². The van der Waals surface area contributed by atoms with Gasteiger partial charge in [0.05, 0.1) is 11.5 Å². The van der Waals surface area contributed by atoms with Crippen LogP contribution in [0.25, 0.3) is 11.1 Å². The highest BCUT2D eigenvalue weighted by Crippen LogP contribution is 2.44. The minimum atomic E-state index is -3.87. The van der Waals surface area contributed by atoms with Crippen LogP contribution in [0.15, 0.2) is 82.7 Å². The first-order chi connectivity index (χ1) is 19.7. The van der Waals surface area contributed by atoms with Gasteiger partial charge in [-0.25, -0.2) is 22.7 Å². The molecule has 0 saturated heterocycles. The fourth-order valence-corrected chi connectivity index (χ4v) is 5.67. The lowest BCUT2D eigenvalue weighted by atomic mass is 9.98. The number of ether oxygens (including phenoxy) is 2. The van der Waals surface area contributed by atoms with Gasteiger partial charge in [-0.3, -0.25) is 4.99 Å². The van der Waals surface area contributed by atoms with E-state index < -0.39 is 28.1 Å². The molecule has 3 aromatic carbocycles. The quantitative estimate of drug-likeness (QED) is 0.135. The van der Waals surface area contributed by atoms with Crippen molar-refractivity contribution >= 4 is 28.0 Å². The van der Waals surface area contributed by atoms with Crippen LogP contribution >= 0.6 is 0 Å². The molecule has 0 aromatic heterocycles. The topological polar surface area (TPSA) is 149 Å². The molecular weight excluding hydrogens is 544 g/mol. The first kappa shape index (κ1) is 29.6. The molecule has 3 aromatic rings. The number of sulfonamides is 1. The molecule has 4 rings (SSSR count). The summed E-state index contributed by atoms with van der Waals surface area (Å²) in [7, 11) is -3.87. The number of esters is 1. The van der Waals surface area contributed by atoms with Crippen LogP contribution in [-0.2, 0) is 24.3 Å². The lowest BCUT2D eigenvalue weighted by Crippen LogP contribution is -2.42. The Morgan fingerprint density at radius 3 is 2.17 bits per heavy atom. The number of nitrogens with one attached hydrogen (secondary N) is 2. The van der Waals surface area contributed by atoms with Gasteiger partial charge in [-0.2, -0.15) is 0 Å². The van der Waals surface area contributed by atoms with Crippen molar-refractivity contribution in [1.82, 2.24) is 10.0 Å². The third-order valence-corrected chi connectivity index (χ3v) is 8.08. The largest absolute Gasteiger partial charge is 0.464 e. The van der Waals surface area contributed by atoms with Crippen molar-refractivity contribution in [2.24, 2.45) is 10.7 Å². The number of benzene rings is 3. The highest BCUT2D eigenvalue weighted by molar-refractivity contribution is 7.90. The lowest BCUT2D eigenvalue weighted by molar-refractivity contribution is -0.145. The number of rotatable bonds is 11. The molecule has 1 aliphatic carbocycles. The second kappa shape index (κ2) is 13.3. The van der Waals surface area contributed by atoms with Crippen molar-refractivity contribution in [2.75, 3.05) is 19.8 Å². The molecule has 0 fully saturated rings. The normalized spacial score (nSPS) is 13.6. The summed E-state index contributed by atoms with van der Waals surface area (Å²) < 4.78 is 37.9. The number of hydrogen-bond donors (Lipinski definition) is 3. The van der Waals surface area contributed by atoms with Crippen molar-refractivity contribution in [3.05, 3.63) is 89.5 Å². The second-order valence-corrected chi connectivity index (χ2v) is 11.3. The fourth-order valence-electron chi connectivity index (χ4n) is 4.72. The minimum absolute atomic E-state index is 0.0657. The number of hydrogen-bond acceptors (Lipinski definition) is 7. The van der Waals surface area contributed by atoms with Gasteiger partial charge in [0.25, 0.3) is 10.0 Å².